The van der Waals surface area contributed by atoms with Crippen molar-refractivity contribution in [1.82, 2.24) is 29.9 Å². The van der Waals surface area contributed by atoms with Gasteiger partial charge < -0.3 is 9.88 Å². The number of amides is 1. The zero-order valence-corrected chi connectivity index (χ0v) is 13.3. The van der Waals surface area contributed by atoms with Gasteiger partial charge in [-0.05, 0) is 33.3 Å². The number of rotatable bonds is 4. The lowest BCUT2D eigenvalue weighted by molar-refractivity contribution is -0.122. The first-order valence-electron chi connectivity index (χ1n) is 7.72. The predicted molar refractivity (Wildman–Crippen MR) is 81.3 cm³/mol. The second kappa shape index (κ2) is 5.90. The minimum absolute atomic E-state index is 0.0757. The van der Waals surface area contributed by atoms with Crippen molar-refractivity contribution in [3.8, 4) is 0 Å². The van der Waals surface area contributed by atoms with Crippen LogP contribution in [0.5, 0.6) is 0 Å². The van der Waals surface area contributed by atoms with Crippen LogP contribution in [-0.4, -0.2) is 36.5 Å². The van der Waals surface area contributed by atoms with E-state index >= 15 is 0 Å². The maximum Gasteiger partial charge on any atom is 0.222 e. The largest absolute Gasteiger partial charge is 0.352 e. The van der Waals surface area contributed by atoms with Gasteiger partial charge in [0.1, 0.15) is 11.6 Å². The van der Waals surface area contributed by atoms with Gasteiger partial charge in [-0.15, -0.1) is 10.2 Å². The lowest BCUT2D eigenvalue weighted by Gasteiger charge is -2.25. The summed E-state index contributed by atoms with van der Waals surface area (Å²) in [5, 5.41) is 15.7. The summed E-state index contributed by atoms with van der Waals surface area (Å²) in [6.07, 6.45) is 2.24. The molecule has 1 amide bonds. The second-order valence-electron chi connectivity index (χ2n) is 5.98. The van der Waals surface area contributed by atoms with Crippen LogP contribution in [0.15, 0.2) is 6.07 Å². The highest BCUT2D eigenvalue weighted by molar-refractivity contribution is 5.76. The maximum atomic E-state index is 12.1. The maximum absolute atomic E-state index is 12.1. The van der Waals surface area contributed by atoms with Crippen molar-refractivity contribution >= 4 is 5.91 Å². The monoisotopic (exact) mass is 302 g/mol. The second-order valence-corrected chi connectivity index (χ2v) is 5.98. The molecule has 1 aliphatic heterocycles. The molecule has 1 atom stereocenters. The average molecular weight is 302 g/mol. The molecule has 3 rings (SSSR count). The summed E-state index contributed by atoms with van der Waals surface area (Å²) in [5.74, 6) is 2.01. The summed E-state index contributed by atoms with van der Waals surface area (Å²) in [4.78, 5) is 12.1. The van der Waals surface area contributed by atoms with Crippen molar-refractivity contribution in [2.24, 2.45) is 0 Å². The molecule has 2 aromatic rings. The molecule has 0 spiro atoms. The van der Waals surface area contributed by atoms with Crippen molar-refractivity contribution in [3.05, 3.63) is 29.1 Å². The van der Waals surface area contributed by atoms with Gasteiger partial charge in [0.15, 0.2) is 0 Å². The number of aromatic nitrogens is 5. The molecule has 2 aromatic heterocycles. The topological polar surface area (TPSA) is 77.6 Å². The fourth-order valence-corrected chi connectivity index (χ4v) is 2.99. The molecule has 22 heavy (non-hydrogen) atoms. The molecule has 0 saturated heterocycles. The summed E-state index contributed by atoms with van der Waals surface area (Å²) in [7, 11) is 0. The molecular weight excluding hydrogens is 280 g/mol. The predicted octanol–water partition coefficient (Wildman–Crippen LogP) is 0.921. The Hall–Kier alpha value is -2.18. The van der Waals surface area contributed by atoms with Crippen molar-refractivity contribution in [1.29, 1.82) is 0 Å². The third kappa shape index (κ3) is 3.03. The Morgan fingerprint density at radius 1 is 1.36 bits per heavy atom. The Bertz CT molecular complexity index is 686. The molecule has 7 nitrogen and oxygen atoms in total. The summed E-state index contributed by atoms with van der Waals surface area (Å²) in [5.41, 5.74) is 2.08. The highest BCUT2D eigenvalue weighted by atomic mass is 16.1. The van der Waals surface area contributed by atoms with Crippen LogP contribution in [0.1, 0.15) is 35.9 Å². The van der Waals surface area contributed by atoms with Crippen LogP contribution in [0.2, 0.25) is 0 Å². The van der Waals surface area contributed by atoms with Crippen LogP contribution in [-0.2, 0) is 24.3 Å². The van der Waals surface area contributed by atoms with Gasteiger partial charge in [-0.3, -0.25) is 9.48 Å². The Labute approximate surface area is 129 Å². The smallest absolute Gasteiger partial charge is 0.222 e. The SMILES string of the molecule is Cc1cc(C)n(CCC(=O)N[C@H]2CCc3nnc(C)n3C2)n1. The average Bonchev–Trinajstić information content (AvgIpc) is 3.00. The van der Waals surface area contributed by atoms with Gasteiger partial charge in [-0.25, -0.2) is 0 Å². The van der Waals surface area contributed by atoms with E-state index in [0.717, 1.165) is 42.4 Å². The zero-order chi connectivity index (χ0) is 15.7. The van der Waals surface area contributed by atoms with Gasteiger partial charge in [-0.2, -0.15) is 5.10 Å². The first-order chi connectivity index (χ1) is 10.5. The number of hydrogen-bond donors (Lipinski definition) is 1. The van der Waals surface area contributed by atoms with Crippen molar-refractivity contribution in [2.75, 3.05) is 0 Å². The number of hydrogen-bond acceptors (Lipinski definition) is 4. The molecule has 0 fully saturated rings. The number of nitrogens with one attached hydrogen (secondary N) is 1. The Morgan fingerprint density at radius 3 is 2.91 bits per heavy atom. The molecule has 1 N–H and O–H groups in total. The van der Waals surface area contributed by atoms with E-state index in [9.17, 15) is 4.79 Å². The Kier molecular flexibility index (Phi) is 3.96. The number of nitrogens with zero attached hydrogens (tertiary/aromatic N) is 5. The fraction of sp³-hybridized carbons (Fsp3) is 0.600. The molecule has 0 aliphatic carbocycles. The van der Waals surface area contributed by atoms with E-state index < -0.39 is 0 Å². The van der Waals surface area contributed by atoms with Crippen LogP contribution in [0, 0.1) is 20.8 Å². The van der Waals surface area contributed by atoms with E-state index in [2.05, 4.69) is 25.2 Å². The number of carbonyl (C=O) groups is 1. The van der Waals surface area contributed by atoms with E-state index in [1.165, 1.54) is 0 Å². The molecule has 118 valence electrons. The van der Waals surface area contributed by atoms with E-state index in [1.54, 1.807) is 0 Å². The van der Waals surface area contributed by atoms with Crippen molar-refractivity contribution in [2.45, 2.75) is 59.2 Å². The van der Waals surface area contributed by atoms with E-state index in [0.29, 0.717) is 13.0 Å². The highest BCUT2D eigenvalue weighted by Gasteiger charge is 2.22. The molecule has 0 unspecified atom stereocenters. The summed E-state index contributed by atoms with van der Waals surface area (Å²) >= 11 is 0. The molecule has 7 heteroatoms. The summed E-state index contributed by atoms with van der Waals surface area (Å²) in [6, 6.07) is 2.19. The van der Waals surface area contributed by atoms with Crippen LogP contribution in [0.3, 0.4) is 0 Å². The standard InChI is InChI=1S/C15H22N6O/c1-10-8-11(2)21(19-10)7-6-15(22)16-13-4-5-14-18-17-12(3)20(14)9-13/h8,13H,4-7,9H2,1-3H3,(H,16,22)/t13-/m0/s1. The molecule has 0 radical (unpaired) electrons. The van der Waals surface area contributed by atoms with Crippen molar-refractivity contribution < 1.29 is 4.79 Å². The number of carbonyl (C=O) groups excluding carboxylic acids is 1. The third-order valence-electron chi connectivity index (χ3n) is 4.15. The van der Waals surface area contributed by atoms with Crippen molar-refractivity contribution in [3.63, 3.8) is 0 Å². The minimum Gasteiger partial charge on any atom is -0.352 e. The molecule has 0 bridgehead atoms. The van der Waals surface area contributed by atoms with Gasteiger partial charge >= 0.3 is 0 Å². The number of fused-ring (bicyclic) bond motifs is 1. The minimum atomic E-state index is 0.0757. The fourth-order valence-electron chi connectivity index (χ4n) is 2.99. The van der Waals surface area contributed by atoms with Gasteiger partial charge in [0.25, 0.3) is 0 Å². The third-order valence-corrected chi connectivity index (χ3v) is 4.15. The van der Waals surface area contributed by atoms with Gasteiger partial charge in [-0.1, -0.05) is 0 Å². The molecular formula is C15H22N6O. The van der Waals surface area contributed by atoms with Gasteiger partial charge in [0, 0.05) is 37.7 Å². The van der Waals surface area contributed by atoms with E-state index in [1.807, 2.05) is 31.5 Å². The first-order valence-corrected chi connectivity index (χ1v) is 7.72. The van der Waals surface area contributed by atoms with E-state index in [-0.39, 0.29) is 11.9 Å². The van der Waals surface area contributed by atoms with Gasteiger partial charge in [0.2, 0.25) is 5.91 Å². The lowest BCUT2D eigenvalue weighted by atomic mass is 10.1. The number of aryl methyl sites for hydroxylation is 5. The Balaban J connectivity index is 1.52. The molecule has 0 saturated carbocycles. The zero-order valence-electron chi connectivity index (χ0n) is 13.3. The molecule has 0 aromatic carbocycles. The van der Waals surface area contributed by atoms with Crippen LogP contribution in [0.4, 0.5) is 0 Å². The molecule has 3 heterocycles. The van der Waals surface area contributed by atoms with Crippen LogP contribution in [0.25, 0.3) is 0 Å². The lowest BCUT2D eigenvalue weighted by Crippen LogP contribution is -2.41. The first kappa shape index (κ1) is 14.7. The van der Waals surface area contributed by atoms with Gasteiger partial charge in [0.05, 0.1) is 5.69 Å². The van der Waals surface area contributed by atoms with Crippen LogP contribution < -0.4 is 5.32 Å². The quantitative estimate of drug-likeness (QED) is 0.911. The summed E-state index contributed by atoms with van der Waals surface area (Å²) < 4.78 is 3.98. The highest BCUT2D eigenvalue weighted by Crippen LogP contribution is 2.14. The Morgan fingerprint density at radius 2 is 2.18 bits per heavy atom. The normalized spacial score (nSPS) is 17.3. The van der Waals surface area contributed by atoms with Crippen LogP contribution >= 0.6 is 0 Å². The van der Waals surface area contributed by atoms with E-state index in [4.69, 9.17) is 0 Å². The molecule has 1 aliphatic rings. The summed E-state index contributed by atoms with van der Waals surface area (Å²) in [6.45, 7) is 7.30.